The van der Waals surface area contributed by atoms with E-state index in [0.717, 1.165) is 19.3 Å². The van der Waals surface area contributed by atoms with Gasteiger partial charge in [-0.15, -0.1) is 0 Å². The largest absolute Gasteiger partial charge is 0.392 e. The first-order chi connectivity index (χ1) is 7.88. The zero-order valence-corrected chi connectivity index (χ0v) is 10.8. The number of halogens is 3. The smallest absolute Gasteiger partial charge is 0.327 e. The van der Waals surface area contributed by atoms with E-state index in [-0.39, 0.29) is 24.3 Å². The molecule has 102 valence electrons. The molecule has 4 unspecified atom stereocenters. The zero-order valence-electron chi connectivity index (χ0n) is 10.8. The molecule has 1 fully saturated rings. The first-order valence-corrected chi connectivity index (χ1v) is 6.70. The number of hydrogen-bond donors (Lipinski definition) is 1. The molecule has 4 atom stereocenters. The Labute approximate surface area is 102 Å². The molecule has 0 saturated heterocycles. The number of alkyl halides is 3. The van der Waals surface area contributed by atoms with Gasteiger partial charge in [-0.2, -0.15) is 13.2 Å². The minimum absolute atomic E-state index is 0.188. The molecule has 0 aliphatic heterocycles. The number of rotatable bonds is 4. The predicted molar refractivity (Wildman–Crippen MR) is 63.6 cm³/mol. The van der Waals surface area contributed by atoms with E-state index in [0.29, 0.717) is 12.8 Å². The van der Waals surface area contributed by atoms with Crippen molar-refractivity contribution in [2.45, 2.75) is 64.6 Å². The summed E-state index contributed by atoms with van der Waals surface area (Å²) in [6.45, 7) is 4.03. The molecule has 0 radical (unpaired) electrons. The third-order valence-electron chi connectivity index (χ3n) is 4.14. The van der Waals surface area contributed by atoms with E-state index >= 15 is 0 Å². The fourth-order valence-corrected chi connectivity index (χ4v) is 3.10. The van der Waals surface area contributed by atoms with E-state index in [9.17, 15) is 13.2 Å². The number of nitrogens with two attached hydrogens (primary N) is 1. The summed E-state index contributed by atoms with van der Waals surface area (Å²) < 4.78 is 38.8. The van der Waals surface area contributed by atoms with Crippen molar-refractivity contribution < 1.29 is 13.2 Å². The topological polar surface area (TPSA) is 26.0 Å². The van der Waals surface area contributed by atoms with Crippen LogP contribution in [0.5, 0.6) is 0 Å². The van der Waals surface area contributed by atoms with Gasteiger partial charge in [-0.1, -0.05) is 33.1 Å². The normalized spacial score (nSPS) is 30.0. The second kappa shape index (κ2) is 6.07. The van der Waals surface area contributed by atoms with E-state index < -0.39 is 12.1 Å². The Kier molecular flexibility index (Phi) is 5.29. The molecule has 1 aliphatic carbocycles. The van der Waals surface area contributed by atoms with Crippen LogP contribution in [0.3, 0.4) is 0 Å². The van der Waals surface area contributed by atoms with Crippen LogP contribution in [0.15, 0.2) is 0 Å². The first-order valence-electron chi connectivity index (χ1n) is 6.70. The molecule has 1 aliphatic rings. The Morgan fingerprint density at radius 2 is 1.82 bits per heavy atom. The molecule has 0 amide bonds. The molecular formula is C13H24F3N. The molecule has 1 saturated carbocycles. The Balaban J connectivity index is 2.70. The van der Waals surface area contributed by atoms with Crippen LogP contribution in [-0.4, -0.2) is 12.2 Å². The zero-order chi connectivity index (χ0) is 13.1. The second-order valence-corrected chi connectivity index (χ2v) is 5.44. The van der Waals surface area contributed by atoms with Crippen molar-refractivity contribution in [3.63, 3.8) is 0 Å². The van der Waals surface area contributed by atoms with Gasteiger partial charge >= 0.3 is 6.18 Å². The average Bonchev–Trinajstić information content (AvgIpc) is 2.27. The summed E-state index contributed by atoms with van der Waals surface area (Å²) in [5.74, 6) is -1.36. The van der Waals surface area contributed by atoms with Crippen molar-refractivity contribution in [3.05, 3.63) is 0 Å². The van der Waals surface area contributed by atoms with E-state index in [1.807, 2.05) is 13.8 Å². The highest BCUT2D eigenvalue weighted by atomic mass is 19.4. The van der Waals surface area contributed by atoms with Crippen molar-refractivity contribution in [1.29, 1.82) is 0 Å². The van der Waals surface area contributed by atoms with Crippen molar-refractivity contribution in [2.75, 3.05) is 0 Å². The lowest BCUT2D eigenvalue weighted by atomic mass is 9.71. The summed E-state index contributed by atoms with van der Waals surface area (Å²) in [6.07, 6.45) is 0.314. The van der Waals surface area contributed by atoms with Crippen LogP contribution in [0.1, 0.15) is 52.4 Å². The summed E-state index contributed by atoms with van der Waals surface area (Å²) in [4.78, 5) is 0. The van der Waals surface area contributed by atoms with Crippen molar-refractivity contribution in [2.24, 2.45) is 23.5 Å². The number of hydrogen-bond acceptors (Lipinski definition) is 1. The fourth-order valence-electron chi connectivity index (χ4n) is 3.10. The van der Waals surface area contributed by atoms with Gasteiger partial charge in [-0.05, 0) is 31.1 Å². The van der Waals surface area contributed by atoms with Crippen molar-refractivity contribution in [1.82, 2.24) is 0 Å². The van der Waals surface area contributed by atoms with E-state index in [1.54, 1.807) is 0 Å². The lowest BCUT2D eigenvalue weighted by Crippen LogP contribution is -2.46. The van der Waals surface area contributed by atoms with Gasteiger partial charge in [0.2, 0.25) is 0 Å². The maximum Gasteiger partial charge on any atom is 0.392 e. The summed E-state index contributed by atoms with van der Waals surface area (Å²) >= 11 is 0. The highest BCUT2D eigenvalue weighted by molar-refractivity contribution is 4.88. The fraction of sp³-hybridized carbons (Fsp3) is 1.00. The predicted octanol–water partition coefficient (Wildman–Crippen LogP) is 4.12. The third-order valence-corrected chi connectivity index (χ3v) is 4.14. The van der Waals surface area contributed by atoms with Crippen molar-refractivity contribution >= 4 is 0 Å². The van der Waals surface area contributed by atoms with E-state index in [1.165, 1.54) is 0 Å². The van der Waals surface area contributed by atoms with Crippen LogP contribution < -0.4 is 5.73 Å². The molecule has 1 nitrogen and oxygen atoms in total. The quantitative estimate of drug-likeness (QED) is 0.799. The molecule has 17 heavy (non-hydrogen) atoms. The standard InChI is InChI=1S/C13H24F3N/c1-3-6-9(2)12(17)10-7-4-5-8-11(10)13(14,15)16/h9-12H,3-8,17H2,1-2H3. The average molecular weight is 251 g/mol. The van der Waals surface area contributed by atoms with Gasteiger partial charge in [-0.25, -0.2) is 0 Å². The van der Waals surface area contributed by atoms with Gasteiger partial charge in [0.25, 0.3) is 0 Å². The maximum absolute atomic E-state index is 12.9. The molecule has 4 heteroatoms. The second-order valence-electron chi connectivity index (χ2n) is 5.44. The lowest BCUT2D eigenvalue weighted by molar-refractivity contribution is -0.199. The Bertz CT molecular complexity index is 227. The highest BCUT2D eigenvalue weighted by Gasteiger charge is 2.47. The van der Waals surface area contributed by atoms with Gasteiger partial charge in [0.05, 0.1) is 5.92 Å². The maximum atomic E-state index is 12.9. The Hall–Kier alpha value is -0.250. The molecule has 0 heterocycles. The van der Waals surface area contributed by atoms with Gasteiger partial charge in [0, 0.05) is 6.04 Å². The van der Waals surface area contributed by atoms with Gasteiger partial charge in [-0.3, -0.25) is 0 Å². The van der Waals surface area contributed by atoms with E-state index in [2.05, 4.69) is 0 Å². The molecule has 0 aromatic heterocycles. The van der Waals surface area contributed by atoms with Gasteiger partial charge in [0.1, 0.15) is 0 Å². The third kappa shape index (κ3) is 3.87. The van der Waals surface area contributed by atoms with Crippen LogP contribution in [0.4, 0.5) is 13.2 Å². The van der Waals surface area contributed by atoms with Crippen LogP contribution >= 0.6 is 0 Å². The minimum Gasteiger partial charge on any atom is -0.327 e. The van der Waals surface area contributed by atoms with Crippen LogP contribution in [0.2, 0.25) is 0 Å². The molecule has 0 aromatic carbocycles. The summed E-state index contributed by atoms with van der Waals surface area (Å²) in [6, 6.07) is -0.304. The van der Waals surface area contributed by atoms with Crippen molar-refractivity contribution in [3.8, 4) is 0 Å². The summed E-state index contributed by atoms with van der Waals surface area (Å²) in [5, 5.41) is 0. The van der Waals surface area contributed by atoms with Crippen LogP contribution in [-0.2, 0) is 0 Å². The molecule has 0 spiro atoms. The first kappa shape index (κ1) is 14.8. The molecule has 1 rings (SSSR count). The lowest BCUT2D eigenvalue weighted by Gasteiger charge is -2.38. The minimum atomic E-state index is -4.07. The van der Waals surface area contributed by atoms with Crippen LogP contribution in [0.25, 0.3) is 0 Å². The molecule has 2 N–H and O–H groups in total. The van der Waals surface area contributed by atoms with Gasteiger partial charge < -0.3 is 5.73 Å². The molecular weight excluding hydrogens is 227 g/mol. The Morgan fingerprint density at radius 1 is 1.24 bits per heavy atom. The van der Waals surface area contributed by atoms with E-state index in [4.69, 9.17) is 5.73 Å². The Morgan fingerprint density at radius 3 is 2.35 bits per heavy atom. The van der Waals surface area contributed by atoms with Crippen LogP contribution in [0, 0.1) is 17.8 Å². The monoisotopic (exact) mass is 251 g/mol. The summed E-state index contributed by atoms with van der Waals surface area (Å²) in [7, 11) is 0. The SMILES string of the molecule is CCCC(C)C(N)C1CCCCC1C(F)(F)F. The summed E-state index contributed by atoms with van der Waals surface area (Å²) in [5.41, 5.74) is 6.07. The molecule has 0 bridgehead atoms. The van der Waals surface area contributed by atoms with Gasteiger partial charge in [0.15, 0.2) is 0 Å². The highest BCUT2D eigenvalue weighted by Crippen LogP contribution is 2.43. The molecule has 0 aromatic rings.